The number of carbonyl (C=O) groups excluding carboxylic acids is 3. The fourth-order valence-electron chi connectivity index (χ4n) is 11.1. The van der Waals surface area contributed by atoms with E-state index in [1.807, 2.05) is 0 Å². The molecule has 7 aliphatic heterocycles. The molecule has 7 heterocycles. The zero-order valence-electron chi connectivity index (χ0n) is 46.6. The maximum Gasteiger partial charge on any atom is 0.217 e. The molecule has 0 aromatic carbocycles. The van der Waals surface area contributed by atoms with Gasteiger partial charge < -0.3 is 180 Å². The zero-order valence-corrected chi connectivity index (χ0v) is 46.6. The van der Waals surface area contributed by atoms with E-state index in [0.29, 0.717) is 0 Å². The second-order valence-corrected chi connectivity index (χ2v) is 21.8. The van der Waals surface area contributed by atoms with E-state index in [2.05, 4.69) is 16.0 Å². The Morgan fingerprint density at radius 2 is 0.621 bits per heavy atom. The van der Waals surface area contributed by atoms with Gasteiger partial charge >= 0.3 is 0 Å². The summed E-state index contributed by atoms with van der Waals surface area (Å²) < 4.78 is 75.5. The Morgan fingerprint density at radius 3 is 1.07 bits per heavy atom. The van der Waals surface area contributed by atoms with E-state index >= 15 is 0 Å². The van der Waals surface area contributed by atoms with Gasteiger partial charge in [-0.1, -0.05) is 0 Å². The quantitative estimate of drug-likeness (QED) is 0.0479. The third kappa shape index (κ3) is 15.8. The number of amides is 3. The molecular formula is C48H81N3O36. The molecule has 7 rings (SSSR count). The average molecular weight is 1280 g/mol. The summed E-state index contributed by atoms with van der Waals surface area (Å²) in [6.07, 6.45) is -63.3. The van der Waals surface area contributed by atoms with Gasteiger partial charge in [-0.15, -0.1) is 0 Å². The summed E-state index contributed by atoms with van der Waals surface area (Å²) in [7, 11) is 0. The standard InChI is InChI=1S/C48H81N3O36/c1-11(58)49-21-28(65)37(17(7-55)76-42(21)74)83-43-22(50-12(2)59)29(66)39(19(9-57)80-43)85-47-36(73)40(27(64)20(82-47)10-75-45-34(71)31(68)24(61)14(4-52)77-45)86-48-41(33(70)26(63)16(6-54)79-48)87-44-23(51-13(3)60)30(67)38(18(8-56)81-44)84-46-35(72)32(69)25(62)15(5-53)78-46/h14-48,52-57,61-74H,4-10H2,1-3H3,(H,49,58)(H,50,59)(H,51,60). The highest BCUT2D eigenvalue weighted by Gasteiger charge is 2.59. The monoisotopic (exact) mass is 1280 g/mol. The predicted molar refractivity (Wildman–Crippen MR) is 267 cm³/mol. The molecule has 23 N–H and O–H groups in total. The van der Waals surface area contributed by atoms with E-state index in [-0.39, 0.29) is 0 Å². The summed E-state index contributed by atoms with van der Waals surface area (Å²) in [6, 6.07) is -5.25. The molecule has 35 unspecified atom stereocenters. The van der Waals surface area contributed by atoms with Gasteiger partial charge in [0.05, 0.1) is 46.2 Å². The Morgan fingerprint density at radius 1 is 0.299 bits per heavy atom. The normalized spacial score (nSPS) is 48.9. The summed E-state index contributed by atoms with van der Waals surface area (Å²) in [5, 5.41) is 224. The first-order valence-electron chi connectivity index (χ1n) is 27.6. The summed E-state index contributed by atoms with van der Waals surface area (Å²) >= 11 is 0. The topological polar surface area (TPSA) is 612 Å². The molecule has 7 fully saturated rings. The predicted octanol–water partition coefficient (Wildman–Crippen LogP) is -15.8. The molecule has 0 aromatic rings. The minimum atomic E-state index is -2.42. The van der Waals surface area contributed by atoms with Crippen LogP contribution < -0.4 is 16.0 Å². The Hall–Kier alpha value is -2.91. The number of carbonyl (C=O) groups is 3. The van der Waals surface area contributed by atoms with Crippen LogP contribution in [0.1, 0.15) is 20.8 Å². The molecule has 0 saturated carbocycles. The number of aliphatic hydroxyl groups is 20. The average Bonchev–Trinajstić information content (AvgIpc) is 2.15. The van der Waals surface area contributed by atoms with E-state index in [9.17, 15) is 117 Å². The molecule has 504 valence electrons. The van der Waals surface area contributed by atoms with Crippen molar-refractivity contribution < 1.29 is 178 Å². The van der Waals surface area contributed by atoms with E-state index in [1.54, 1.807) is 0 Å². The van der Waals surface area contributed by atoms with Crippen LogP contribution >= 0.6 is 0 Å². The van der Waals surface area contributed by atoms with Gasteiger partial charge in [0.25, 0.3) is 0 Å². The highest BCUT2D eigenvalue weighted by molar-refractivity contribution is 5.74. The van der Waals surface area contributed by atoms with Crippen molar-refractivity contribution in [2.75, 3.05) is 46.2 Å². The minimum absolute atomic E-state index is 0.742. The molecule has 0 radical (unpaired) electrons. The van der Waals surface area contributed by atoms with Crippen molar-refractivity contribution in [2.24, 2.45) is 0 Å². The Balaban J connectivity index is 1.20. The molecule has 0 bridgehead atoms. The number of rotatable bonds is 22. The van der Waals surface area contributed by atoms with E-state index < -0.39 is 279 Å². The molecule has 39 nitrogen and oxygen atoms in total. The smallest absolute Gasteiger partial charge is 0.217 e. The third-order valence-electron chi connectivity index (χ3n) is 15.7. The zero-order chi connectivity index (χ0) is 64.2. The van der Waals surface area contributed by atoms with Crippen LogP contribution in [0.4, 0.5) is 0 Å². The minimum Gasteiger partial charge on any atom is -0.394 e. The van der Waals surface area contributed by atoms with E-state index in [0.717, 1.165) is 20.8 Å². The van der Waals surface area contributed by atoms with Crippen LogP contribution in [-0.4, -0.2) is 381 Å². The van der Waals surface area contributed by atoms with Crippen molar-refractivity contribution in [1.29, 1.82) is 0 Å². The second kappa shape index (κ2) is 31.1. The van der Waals surface area contributed by atoms with Crippen molar-refractivity contribution in [3.05, 3.63) is 0 Å². The van der Waals surface area contributed by atoms with Crippen LogP contribution in [0.5, 0.6) is 0 Å². The van der Waals surface area contributed by atoms with Crippen molar-refractivity contribution in [2.45, 2.75) is 236 Å². The second-order valence-electron chi connectivity index (χ2n) is 21.8. The van der Waals surface area contributed by atoms with Crippen LogP contribution in [0, 0.1) is 0 Å². The summed E-state index contributed by atoms with van der Waals surface area (Å²) in [5.74, 6) is -2.51. The molecule has 0 aliphatic carbocycles. The molecule has 0 spiro atoms. The summed E-state index contributed by atoms with van der Waals surface area (Å²) in [4.78, 5) is 37.4. The molecule has 39 heteroatoms. The fraction of sp³-hybridized carbons (Fsp3) is 0.938. The first-order chi connectivity index (χ1) is 41.1. The third-order valence-corrected chi connectivity index (χ3v) is 15.7. The number of aliphatic hydroxyl groups excluding tert-OH is 20. The Bertz CT molecular complexity index is 2190. The van der Waals surface area contributed by atoms with Crippen LogP contribution in [0.2, 0.25) is 0 Å². The van der Waals surface area contributed by atoms with Crippen molar-refractivity contribution in [3.8, 4) is 0 Å². The van der Waals surface area contributed by atoms with Crippen LogP contribution in [0.15, 0.2) is 0 Å². The van der Waals surface area contributed by atoms with Crippen molar-refractivity contribution in [1.82, 2.24) is 16.0 Å². The van der Waals surface area contributed by atoms with Gasteiger partial charge in [-0.05, 0) is 0 Å². The van der Waals surface area contributed by atoms with E-state index in [1.165, 1.54) is 0 Å². The van der Waals surface area contributed by atoms with E-state index in [4.69, 9.17) is 61.6 Å². The first kappa shape index (κ1) is 71.5. The SMILES string of the molecule is CC(=O)NC1C(O)OC(CO)C(OC2OC(CO)C(OC3OC(COC4OC(CO)C(O)C(O)C4O)C(O)C(OC4OC(CO)C(O)C(O)C4OC4OC(CO)C(OC5OC(CO)C(O)C(O)C5O)C(O)C4NC(C)=O)C3O)C(O)C2NC(C)=O)C1O. The van der Waals surface area contributed by atoms with Gasteiger partial charge in [-0.3, -0.25) is 14.4 Å². The van der Waals surface area contributed by atoms with Gasteiger partial charge in [-0.25, -0.2) is 0 Å². The maximum absolute atomic E-state index is 12.7. The number of nitrogens with one attached hydrogen (secondary N) is 3. The molecule has 35 atom stereocenters. The lowest BCUT2D eigenvalue weighted by Crippen LogP contribution is -2.71. The fourth-order valence-corrected chi connectivity index (χ4v) is 11.1. The van der Waals surface area contributed by atoms with Crippen LogP contribution in [0.25, 0.3) is 0 Å². The molecule has 3 amide bonds. The number of hydrogen-bond donors (Lipinski definition) is 23. The molecule has 7 saturated heterocycles. The van der Waals surface area contributed by atoms with Crippen LogP contribution in [0.3, 0.4) is 0 Å². The number of ether oxygens (including phenoxy) is 13. The van der Waals surface area contributed by atoms with Gasteiger partial charge in [0, 0.05) is 20.8 Å². The van der Waals surface area contributed by atoms with Gasteiger partial charge in [0.2, 0.25) is 17.7 Å². The Labute approximate surface area is 492 Å². The summed E-state index contributed by atoms with van der Waals surface area (Å²) in [6.45, 7) is -4.02. The van der Waals surface area contributed by atoms with Crippen LogP contribution in [-0.2, 0) is 76.0 Å². The van der Waals surface area contributed by atoms with Gasteiger partial charge in [-0.2, -0.15) is 0 Å². The molecule has 87 heavy (non-hydrogen) atoms. The molecule has 7 aliphatic rings. The molecule has 0 aromatic heterocycles. The van der Waals surface area contributed by atoms with Crippen molar-refractivity contribution in [3.63, 3.8) is 0 Å². The van der Waals surface area contributed by atoms with Gasteiger partial charge in [0.1, 0.15) is 171 Å². The first-order valence-corrected chi connectivity index (χ1v) is 27.6. The maximum atomic E-state index is 12.7. The molecular weight excluding hydrogens is 1190 g/mol. The highest BCUT2D eigenvalue weighted by Crippen LogP contribution is 2.38. The van der Waals surface area contributed by atoms with Gasteiger partial charge in [0.15, 0.2) is 44.0 Å². The number of hydrogen-bond acceptors (Lipinski definition) is 36. The Kier molecular flexibility index (Phi) is 25.6. The largest absolute Gasteiger partial charge is 0.394 e. The summed E-state index contributed by atoms with van der Waals surface area (Å²) in [5.41, 5.74) is 0. The lowest BCUT2D eigenvalue weighted by molar-refractivity contribution is -0.397. The van der Waals surface area contributed by atoms with Crippen molar-refractivity contribution >= 4 is 17.7 Å². The lowest BCUT2D eigenvalue weighted by Gasteiger charge is -2.51. The lowest BCUT2D eigenvalue weighted by atomic mass is 9.93. The highest BCUT2D eigenvalue weighted by atomic mass is 16.8.